The maximum Gasteiger partial charge on any atom is 0.320 e. The Hall–Kier alpha value is -0.610. The number of hydrogen-bond donors (Lipinski definition) is 1. The number of carbonyl (C=O) groups excluding carboxylic acids is 1. The highest BCUT2D eigenvalue weighted by molar-refractivity contribution is 5.71. The average Bonchev–Trinajstić information content (AvgIpc) is 2.49. The minimum atomic E-state index is -0.0612. The quantitative estimate of drug-likeness (QED) is 0.758. The van der Waals surface area contributed by atoms with Crippen LogP contribution >= 0.6 is 0 Å². The molecule has 0 unspecified atom stereocenters. The number of hydrogen-bond acceptors (Lipinski definition) is 4. The van der Waals surface area contributed by atoms with Gasteiger partial charge in [0.1, 0.15) is 0 Å². The molecule has 1 N–H and O–H groups in total. The smallest absolute Gasteiger partial charge is 0.320 e. The molecule has 1 aliphatic carbocycles. The molecule has 1 aliphatic heterocycles. The van der Waals surface area contributed by atoms with Crippen molar-refractivity contribution in [3.8, 4) is 0 Å². The Labute approximate surface area is 123 Å². The molecule has 1 saturated heterocycles. The molecule has 1 heterocycles. The molecule has 2 fully saturated rings. The third kappa shape index (κ3) is 5.06. The maximum absolute atomic E-state index is 11.9. The van der Waals surface area contributed by atoms with Crippen LogP contribution in [0.25, 0.3) is 0 Å². The molecule has 0 radical (unpaired) electrons. The van der Waals surface area contributed by atoms with Crippen LogP contribution in [0.2, 0.25) is 0 Å². The van der Waals surface area contributed by atoms with E-state index in [0.717, 1.165) is 25.6 Å². The minimum Gasteiger partial charge on any atom is -0.465 e. The molecule has 4 heteroatoms. The van der Waals surface area contributed by atoms with Crippen LogP contribution in [0.3, 0.4) is 0 Å². The first kappa shape index (κ1) is 15.8. The molecule has 20 heavy (non-hydrogen) atoms. The molecular weight excluding hydrogens is 252 g/mol. The first-order chi connectivity index (χ1) is 9.79. The third-order valence-electron chi connectivity index (χ3n) is 4.64. The normalized spacial score (nSPS) is 24.8. The highest BCUT2D eigenvalue weighted by Crippen LogP contribution is 2.25. The lowest BCUT2D eigenvalue weighted by molar-refractivity contribution is -0.145. The topological polar surface area (TPSA) is 41.6 Å². The predicted octanol–water partition coefficient (Wildman–Crippen LogP) is 2.18. The van der Waals surface area contributed by atoms with Gasteiger partial charge in [-0.25, -0.2) is 0 Å². The third-order valence-corrected chi connectivity index (χ3v) is 4.64. The number of nitrogens with one attached hydrogen (secondary N) is 1. The molecule has 0 bridgehead atoms. The maximum atomic E-state index is 11.9. The Morgan fingerprint density at radius 3 is 2.65 bits per heavy atom. The van der Waals surface area contributed by atoms with Crippen molar-refractivity contribution in [2.75, 3.05) is 32.8 Å². The lowest BCUT2D eigenvalue weighted by atomic mass is 9.88. The van der Waals surface area contributed by atoms with Gasteiger partial charge in [0.15, 0.2) is 0 Å². The molecule has 0 aromatic heterocycles. The minimum absolute atomic E-state index is 0.0612. The van der Waals surface area contributed by atoms with E-state index in [9.17, 15) is 4.79 Å². The number of piperidine rings is 1. The summed E-state index contributed by atoms with van der Waals surface area (Å²) in [5.74, 6) is 0.717. The van der Waals surface area contributed by atoms with Crippen LogP contribution in [0, 0.1) is 5.92 Å². The van der Waals surface area contributed by atoms with Crippen LogP contribution in [0.5, 0.6) is 0 Å². The molecule has 1 saturated carbocycles. The van der Waals surface area contributed by atoms with Gasteiger partial charge in [0.25, 0.3) is 0 Å². The standard InChI is InChI=1S/C16H30N2O2/c1-2-20-16(19)13-18(15-9-6-10-17-11-15)12-14-7-4-3-5-8-14/h14-15,17H,2-13H2,1H3/t15-/m1/s1. The van der Waals surface area contributed by atoms with Crippen LogP contribution in [0.1, 0.15) is 51.9 Å². The van der Waals surface area contributed by atoms with Gasteiger partial charge in [-0.05, 0) is 45.1 Å². The molecule has 0 spiro atoms. The summed E-state index contributed by atoms with van der Waals surface area (Å²) in [6, 6.07) is 0.509. The number of carbonyl (C=O) groups is 1. The van der Waals surface area contributed by atoms with E-state index in [2.05, 4.69) is 10.2 Å². The predicted molar refractivity (Wildman–Crippen MR) is 80.7 cm³/mol. The van der Waals surface area contributed by atoms with Crippen LogP contribution in [-0.2, 0) is 9.53 Å². The largest absolute Gasteiger partial charge is 0.465 e. The van der Waals surface area contributed by atoms with E-state index in [1.165, 1.54) is 44.9 Å². The van der Waals surface area contributed by atoms with E-state index in [4.69, 9.17) is 4.74 Å². The van der Waals surface area contributed by atoms with E-state index in [-0.39, 0.29) is 5.97 Å². The lowest BCUT2D eigenvalue weighted by Crippen LogP contribution is -2.49. The number of nitrogens with zero attached hydrogens (tertiary/aromatic N) is 1. The molecule has 0 aromatic rings. The Morgan fingerprint density at radius 2 is 2.00 bits per heavy atom. The molecule has 0 amide bonds. The number of rotatable bonds is 6. The Morgan fingerprint density at radius 1 is 1.20 bits per heavy atom. The van der Waals surface area contributed by atoms with Crippen molar-refractivity contribution in [3.63, 3.8) is 0 Å². The van der Waals surface area contributed by atoms with Gasteiger partial charge in [0, 0.05) is 19.1 Å². The van der Waals surface area contributed by atoms with Gasteiger partial charge in [-0.15, -0.1) is 0 Å². The summed E-state index contributed by atoms with van der Waals surface area (Å²) < 4.78 is 5.15. The summed E-state index contributed by atoms with van der Waals surface area (Å²) >= 11 is 0. The van der Waals surface area contributed by atoms with Crippen LogP contribution < -0.4 is 5.32 Å². The summed E-state index contributed by atoms with van der Waals surface area (Å²) in [7, 11) is 0. The molecule has 0 aromatic carbocycles. The zero-order chi connectivity index (χ0) is 14.2. The van der Waals surface area contributed by atoms with Gasteiger partial charge in [0.2, 0.25) is 0 Å². The Kier molecular flexibility index (Phi) is 6.80. The van der Waals surface area contributed by atoms with Crippen molar-refractivity contribution in [2.24, 2.45) is 5.92 Å². The summed E-state index contributed by atoms with van der Waals surface area (Å²) in [5, 5.41) is 3.46. The van der Waals surface area contributed by atoms with Gasteiger partial charge >= 0.3 is 5.97 Å². The van der Waals surface area contributed by atoms with E-state index >= 15 is 0 Å². The summed E-state index contributed by atoms with van der Waals surface area (Å²) in [5.41, 5.74) is 0. The van der Waals surface area contributed by atoms with Crippen molar-refractivity contribution in [2.45, 2.75) is 57.9 Å². The second-order valence-corrected chi connectivity index (χ2v) is 6.24. The van der Waals surface area contributed by atoms with E-state index in [0.29, 0.717) is 19.2 Å². The highest BCUT2D eigenvalue weighted by Gasteiger charge is 2.26. The zero-order valence-electron chi connectivity index (χ0n) is 12.9. The second kappa shape index (κ2) is 8.63. The van der Waals surface area contributed by atoms with Crippen molar-refractivity contribution < 1.29 is 9.53 Å². The van der Waals surface area contributed by atoms with Gasteiger partial charge in [0.05, 0.1) is 13.2 Å². The van der Waals surface area contributed by atoms with E-state index in [1.807, 2.05) is 6.92 Å². The first-order valence-corrected chi connectivity index (χ1v) is 8.40. The van der Waals surface area contributed by atoms with Crippen molar-refractivity contribution in [3.05, 3.63) is 0 Å². The molecule has 1 atom stereocenters. The van der Waals surface area contributed by atoms with Crippen molar-refractivity contribution >= 4 is 5.97 Å². The molecule has 2 aliphatic rings. The van der Waals surface area contributed by atoms with Crippen LogP contribution in [0.4, 0.5) is 0 Å². The first-order valence-electron chi connectivity index (χ1n) is 8.40. The van der Waals surface area contributed by atoms with Gasteiger partial charge in [-0.1, -0.05) is 19.3 Å². The van der Waals surface area contributed by atoms with E-state index < -0.39 is 0 Å². The van der Waals surface area contributed by atoms with Crippen molar-refractivity contribution in [1.29, 1.82) is 0 Å². The average molecular weight is 282 g/mol. The second-order valence-electron chi connectivity index (χ2n) is 6.24. The molecule has 2 rings (SSSR count). The fourth-order valence-electron chi connectivity index (χ4n) is 3.56. The van der Waals surface area contributed by atoms with Gasteiger partial charge in [-0.2, -0.15) is 0 Å². The van der Waals surface area contributed by atoms with Crippen LogP contribution in [-0.4, -0.2) is 49.7 Å². The number of esters is 1. The highest BCUT2D eigenvalue weighted by atomic mass is 16.5. The Balaban J connectivity index is 1.88. The fourth-order valence-corrected chi connectivity index (χ4v) is 3.56. The summed E-state index contributed by atoms with van der Waals surface area (Å²) in [6.07, 6.45) is 9.20. The zero-order valence-corrected chi connectivity index (χ0v) is 12.9. The van der Waals surface area contributed by atoms with Gasteiger partial charge in [-0.3, -0.25) is 9.69 Å². The lowest BCUT2D eigenvalue weighted by Gasteiger charge is -2.37. The monoisotopic (exact) mass is 282 g/mol. The molecule has 116 valence electrons. The van der Waals surface area contributed by atoms with Crippen molar-refractivity contribution in [1.82, 2.24) is 10.2 Å². The summed E-state index contributed by atoms with van der Waals surface area (Å²) in [6.45, 7) is 6.05. The fraction of sp³-hybridized carbons (Fsp3) is 0.938. The SMILES string of the molecule is CCOC(=O)CN(CC1CCCCC1)[C@@H]1CCCNC1. The summed E-state index contributed by atoms with van der Waals surface area (Å²) in [4.78, 5) is 14.2. The van der Waals surface area contributed by atoms with E-state index in [1.54, 1.807) is 0 Å². The molecule has 4 nitrogen and oxygen atoms in total. The Bertz CT molecular complexity index is 284. The van der Waals surface area contributed by atoms with Crippen LogP contribution in [0.15, 0.2) is 0 Å². The molecular formula is C16H30N2O2. The van der Waals surface area contributed by atoms with Gasteiger partial charge < -0.3 is 10.1 Å². The number of ether oxygens (including phenoxy) is 1.